The van der Waals surface area contributed by atoms with E-state index in [2.05, 4.69) is 6.92 Å². The topological polar surface area (TPSA) is 118 Å². The van der Waals surface area contributed by atoms with E-state index < -0.39 is 21.0 Å². The third-order valence-electron chi connectivity index (χ3n) is 5.63. The van der Waals surface area contributed by atoms with E-state index in [0.29, 0.717) is 56.9 Å². The molecule has 1 saturated heterocycles. The van der Waals surface area contributed by atoms with Crippen LogP contribution in [0, 0.1) is 0 Å². The predicted molar refractivity (Wildman–Crippen MR) is 141 cm³/mol. The van der Waals surface area contributed by atoms with Crippen LogP contribution >= 0.6 is 11.8 Å². The van der Waals surface area contributed by atoms with Gasteiger partial charge in [0.05, 0.1) is 25.9 Å². The maximum Gasteiger partial charge on any atom is 0.501 e. The van der Waals surface area contributed by atoms with E-state index in [1.807, 2.05) is 13.8 Å². The maximum atomic E-state index is 12.0. The van der Waals surface area contributed by atoms with E-state index in [0.717, 1.165) is 25.7 Å². The van der Waals surface area contributed by atoms with Crippen molar-refractivity contribution in [3.63, 3.8) is 0 Å². The summed E-state index contributed by atoms with van der Waals surface area (Å²) in [6, 6.07) is 0.561. The van der Waals surface area contributed by atoms with Gasteiger partial charge in [-0.15, -0.1) is 0 Å². The molecule has 11 heteroatoms. The van der Waals surface area contributed by atoms with Gasteiger partial charge in [0.25, 0.3) is 0 Å². The molecule has 0 saturated carbocycles. The molecule has 0 radical (unpaired) electrons. The van der Waals surface area contributed by atoms with Crippen LogP contribution in [-0.2, 0) is 37.1 Å². The summed E-state index contributed by atoms with van der Waals surface area (Å²) >= 11 is 1.32. The molecule has 0 bridgehead atoms. The Balaban J connectivity index is 2.46. The van der Waals surface area contributed by atoms with E-state index in [-0.39, 0.29) is 43.3 Å². The van der Waals surface area contributed by atoms with Gasteiger partial charge in [0.15, 0.2) is 5.12 Å². The van der Waals surface area contributed by atoms with Crippen molar-refractivity contribution in [1.82, 2.24) is 0 Å². The second kappa shape index (κ2) is 20.0. The molecule has 0 aromatic rings. The van der Waals surface area contributed by atoms with Gasteiger partial charge in [-0.05, 0) is 32.1 Å². The van der Waals surface area contributed by atoms with Crippen molar-refractivity contribution >= 4 is 37.6 Å². The predicted octanol–water partition coefficient (Wildman–Crippen LogP) is 4.42. The van der Waals surface area contributed by atoms with Crippen LogP contribution in [0.4, 0.5) is 0 Å². The number of thioether (sulfide) groups is 1. The number of esters is 2. The van der Waals surface area contributed by atoms with E-state index >= 15 is 0 Å². The molecule has 1 N–H and O–H groups in total. The van der Waals surface area contributed by atoms with E-state index in [9.17, 15) is 19.5 Å². The average molecular weight is 551 g/mol. The molecule has 0 amide bonds. The molecule has 9 nitrogen and oxygen atoms in total. The molecule has 0 aromatic carbocycles. The molecule has 0 spiro atoms. The Morgan fingerprint density at radius 2 is 1.69 bits per heavy atom. The van der Waals surface area contributed by atoms with Crippen LogP contribution in [0.2, 0.25) is 6.04 Å². The molecule has 1 aliphatic rings. The van der Waals surface area contributed by atoms with E-state index in [4.69, 9.17) is 22.8 Å². The van der Waals surface area contributed by atoms with Gasteiger partial charge in [0, 0.05) is 44.1 Å². The average Bonchev–Trinajstić information content (AvgIpc) is 2.86. The van der Waals surface area contributed by atoms with Gasteiger partial charge >= 0.3 is 20.7 Å². The highest BCUT2D eigenvalue weighted by Crippen LogP contribution is 2.25. The van der Waals surface area contributed by atoms with Crippen LogP contribution in [0.25, 0.3) is 0 Å². The summed E-state index contributed by atoms with van der Waals surface area (Å²) in [5.41, 5.74) is 0. The Bertz CT molecular complexity index is 627. The zero-order chi connectivity index (χ0) is 26.7. The van der Waals surface area contributed by atoms with Crippen molar-refractivity contribution in [2.45, 2.75) is 110 Å². The molecule has 1 fully saturated rings. The summed E-state index contributed by atoms with van der Waals surface area (Å²) in [4.78, 5) is 35.6. The summed E-state index contributed by atoms with van der Waals surface area (Å²) in [5, 5.41) is 9.73. The molecule has 1 heterocycles. The fourth-order valence-electron chi connectivity index (χ4n) is 3.45. The first kappa shape index (κ1) is 33.0. The number of carbonyl (C=O) groups excluding carboxylic acids is 3. The Kier molecular flexibility index (Phi) is 18.4. The fourth-order valence-corrected chi connectivity index (χ4v) is 7.19. The molecular formula is C25H46O9SSi. The number of aliphatic hydroxyl groups is 1. The van der Waals surface area contributed by atoms with Crippen LogP contribution < -0.4 is 0 Å². The quantitative estimate of drug-likeness (QED) is 0.133. The van der Waals surface area contributed by atoms with Gasteiger partial charge in [0.2, 0.25) is 0 Å². The Hall–Kier alpha value is -0.983. The summed E-state index contributed by atoms with van der Waals surface area (Å²) in [7, 11) is -3.00. The summed E-state index contributed by atoms with van der Waals surface area (Å²) < 4.78 is 28.9. The first-order chi connectivity index (χ1) is 17.3. The van der Waals surface area contributed by atoms with Crippen molar-refractivity contribution in [3.05, 3.63) is 0 Å². The van der Waals surface area contributed by atoms with Gasteiger partial charge < -0.3 is 27.9 Å². The lowest BCUT2D eigenvalue weighted by atomic mass is 10.1. The van der Waals surface area contributed by atoms with Gasteiger partial charge in [-0.25, -0.2) is 0 Å². The largest absolute Gasteiger partial charge is 0.501 e. The van der Waals surface area contributed by atoms with Crippen LogP contribution in [0.1, 0.15) is 91.4 Å². The van der Waals surface area contributed by atoms with Gasteiger partial charge in [-0.2, -0.15) is 0 Å². The number of rotatable bonds is 20. The lowest BCUT2D eigenvalue weighted by Crippen LogP contribution is -2.54. The number of aliphatic hydroxyl groups excluding tert-OH is 1. The zero-order valence-electron chi connectivity index (χ0n) is 22.3. The van der Waals surface area contributed by atoms with Crippen LogP contribution in [0.3, 0.4) is 0 Å². The van der Waals surface area contributed by atoms with Crippen molar-refractivity contribution < 1.29 is 42.2 Å². The van der Waals surface area contributed by atoms with E-state index in [1.54, 1.807) is 0 Å². The number of hydrogen-bond acceptors (Lipinski definition) is 10. The first-order valence-electron chi connectivity index (χ1n) is 13.4. The van der Waals surface area contributed by atoms with Gasteiger partial charge in [-0.3, -0.25) is 14.4 Å². The zero-order valence-corrected chi connectivity index (χ0v) is 24.1. The molecule has 1 atom stereocenters. The minimum Gasteiger partial charge on any atom is -0.466 e. The highest BCUT2D eigenvalue weighted by Gasteiger charge is 2.45. The van der Waals surface area contributed by atoms with Crippen molar-refractivity contribution in [1.29, 1.82) is 0 Å². The molecule has 1 aliphatic heterocycles. The Labute approximate surface area is 221 Å². The molecule has 1 unspecified atom stereocenters. The highest BCUT2D eigenvalue weighted by atomic mass is 32.2. The summed E-state index contributed by atoms with van der Waals surface area (Å²) in [6.45, 7) is 6.90. The van der Waals surface area contributed by atoms with Gasteiger partial charge in [-0.1, -0.05) is 45.4 Å². The smallest absolute Gasteiger partial charge is 0.466 e. The third-order valence-corrected chi connectivity index (χ3v) is 9.47. The Morgan fingerprint density at radius 1 is 0.944 bits per heavy atom. The molecule has 36 heavy (non-hydrogen) atoms. The summed E-state index contributed by atoms with van der Waals surface area (Å²) in [5.74, 6) is 0.0904. The highest BCUT2D eigenvalue weighted by molar-refractivity contribution is 8.13. The molecular weight excluding hydrogens is 504 g/mol. The third kappa shape index (κ3) is 15.3. The molecule has 0 aromatic heterocycles. The van der Waals surface area contributed by atoms with Crippen molar-refractivity contribution in [2.75, 3.05) is 32.2 Å². The first-order valence-corrected chi connectivity index (χ1v) is 16.4. The summed E-state index contributed by atoms with van der Waals surface area (Å²) in [6.07, 6.45) is 6.09. The monoisotopic (exact) mass is 550 g/mol. The Morgan fingerprint density at radius 3 is 2.36 bits per heavy atom. The lowest BCUT2D eigenvalue weighted by molar-refractivity contribution is -0.158. The standard InChI is InChI=1S/C25H46O9SSi/c1-4-7-8-12-24(28)34-22-19-32-36(33-20-22,18-10-17-35-25(29)11-5-2)31-16-9-15-30-23(27)14-13-21(26)6-3/h21-22,26H,4-20H2,1-3H3. The molecule has 0 aliphatic carbocycles. The van der Waals surface area contributed by atoms with Crippen LogP contribution in [0.15, 0.2) is 0 Å². The number of ether oxygens (including phenoxy) is 2. The maximum absolute atomic E-state index is 12.0. The normalized spacial score (nSPS) is 20.6. The van der Waals surface area contributed by atoms with E-state index in [1.165, 1.54) is 11.8 Å². The minimum atomic E-state index is -3.00. The lowest BCUT2D eigenvalue weighted by Gasteiger charge is -2.36. The fraction of sp³-hybridized carbons (Fsp3) is 0.880. The van der Waals surface area contributed by atoms with Crippen molar-refractivity contribution in [2.24, 2.45) is 0 Å². The van der Waals surface area contributed by atoms with Crippen LogP contribution in [0.5, 0.6) is 0 Å². The number of carbonyl (C=O) groups is 3. The second-order valence-corrected chi connectivity index (χ2v) is 12.9. The van der Waals surface area contributed by atoms with Gasteiger partial charge in [0.1, 0.15) is 6.10 Å². The SMILES string of the molecule is CCCCCC(=O)OC1CO[Si](CCCSC(=O)CCC)(OCCCOC(=O)CCC(O)CC)OC1. The van der Waals surface area contributed by atoms with Crippen LogP contribution in [-0.4, -0.2) is 75.4 Å². The number of unbranched alkanes of at least 4 members (excludes halogenated alkanes) is 2. The second-order valence-electron chi connectivity index (χ2n) is 8.97. The number of hydrogen-bond donors (Lipinski definition) is 1. The minimum absolute atomic E-state index is 0.183. The van der Waals surface area contributed by atoms with Crippen molar-refractivity contribution in [3.8, 4) is 0 Å². The molecule has 210 valence electrons. The molecule has 1 rings (SSSR count).